The second kappa shape index (κ2) is 7.92. The monoisotopic (exact) mass is 290 g/mol. The zero-order valence-corrected chi connectivity index (χ0v) is 13.7. The predicted molar refractivity (Wildman–Crippen MR) is 88.5 cm³/mol. The van der Waals surface area contributed by atoms with Gasteiger partial charge in [0.05, 0.1) is 6.61 Å². The summed E-state index contributed by atoms with van der Waals surface area (Å²) in [5, 5.41) is 0. The molecular weight excluding hydrogens is 260 g/mol. The maximum Gasteiger partial charge on any atom is 0.0593 e. The lowest BCUT2D eigenvalue weighted by atomic mass is 9.98. The highest BCUT2D eigenvalue weighted by atomic mass is 16.5. The summed E-state index contributed by atoms with van der Waals surface area (Å²) < 4.78 is 5.73. The van der Waals surface area contributed by atoms with Gasteiger partial charge in [-0.05, 0) is 42.9 Å². The van der Waals surface area contributed by atoms with E-state index in [4.69, 9.17) is 10.5 Å². The maximum absolute atomic E-state index is 5.98. The third kappa shape index (κ3) is 5.10. The van der Waals surface area contributed by atoms with Gasteiger partial charge in [0.1, 0.15) is 0 Å². The third-order valence-corrected chi connectivity index (χ3v) is 4.38. The van der Waals surface area contributed by atoms with Gasteiger partial charge < -0.3 is 10.5 Å². The quantitative estimate of drug-likeness (QED) is 0.710. The number of benzene rings is 1. The molecule has 0 radical (unpaired) electrons. The largest absolute Gasteiger partial charge is 0.380 e. The zero-order valence-electron chi connectivity index (χ0n) is 13.7. The summed E-state index contributed by atoms with van der Waals surface area (Å²) in [5.41, 5.74) is 8.66. The Labute approximate surface area is 129 Å². The van der Waals surface area contributed by atoms with Crippen molar-refractivity contribution in [3.05, 3.63) is 35.4 Å². The van der Waals surface area contributed by atoms with Gasteiger partial charge in [0.2, 0.25) is 0 Å². The van der Waals surface area contributed by atoms with Crippen molar-refractivity contribution in [3.8, 4) is 0 Å². The number of ether oxygens (including phenoxy) is 1. The second-order valence-electron chi connectivity index (χ2n) is 6.57. The third-order valence-electron chi connectivity index (χ3n) is 4.38. The summed E-state index contributed by atoms with van der Waals surface area (Å²) in [6.07, 6.45) is 2.70. The highest BCUT2D eigenvalue weighted by Gasteiger charge is 2.21. The minimum absolute atomic E-state index is 0.274. The van der Waals surface area contributed by atoms with Gasteiger partial charge in [0.25, 0.3) is 0 Å². The van der Waals surface area contributed by atoms with Gasteiger partial charge in [-0.25, -0.2) is 0 Å². The van der Waals surface area contributed by atoms with Crippen LogP contribution in [-0.2, 0) is 4.74 Å². The molecule has 0 heterocycles. The van der Waals surface area contributed by atoms with Crippen LogP contribution in [-0.4, -0.2) is 38.3 Å². The molecular formula is C18H30N2O. The summed E-state index contributed by atoms with van der Waals surface area (Å²) in [6.45, 7) is 7.75. The summed E-state index contributed by atoms with van der Waals surface area (Å²) in [5.74, 6) is 1.41. The van der Waals surface area contributed by atoms with Gasteiger partial charge in [-0.2, -0.15) is 0 Å². The van der Waals surface area contributed by atoms with Gasteiger partial charge in [-0.15, -0.1) is 0 Å². The molecule has 0 aromatic heterocycles. The number of nitrogens with zero attached hydrogens (tertiary/aromatic N) is 1. The van der Waals surface area contributed by atoms with Crippen LogP contribution in [0.4, 0.5) is 0 Å². The lowest BCUT2D eigenvalue weighted by Crippen LogP contribution is -2.33. The summed E-state index contributed by atoms with van der Waals surface area (Å²) >= 11 is 0. The van der Waals surface area contributed by atoms with Crippen LogP contribution in [0.2, 0.25) is 0 Å². The molecule has 0 spiro atoms. The average molecular weight is 290 g/mol. The Morgan fingerprint density at radius 3 is 2.33 bits per heavy atom. The first-order valence-corrected chi connectivity index (χ1v) is 8.19. The zero-order chi connectivity index (χ0) is 15.2. The Balaban J connectivity index is 1.84. The Morgan fingerprint density at radius 2 is 1.81 bits per heavy atom. The van der Waals surface area contributed by atoms with Crippen molar-refractivity contribution in [2.24, 2.45) is 11.7 Å². The first kappa shape index (κ1) is 16.5. The molecule has 1 aromatic rings. The molecule has 0 amide bonds. The molecule has 2 N–H and O–H groups in total. The second-order valence-corrected chi connectivity index (χ2v) is 6.57. The normalized spacial score (nSPS) is 16.7. The molecule has 1 fully saturated rings. The van der Waals surface area contributed by atoms with E-state index in [0.29, 0.717) is 12.5 Å². The molecule has 1 unspecified atom stereocenters. The van der Waals surface area contributed by atoms with E-state index in [0.717, 1.165) is 25.7 Å². The molecule has 2 rings (SSSR count). The molecule has 1 atom stereocenters. The van der Waals surface area contributed by atoms with Gasteiger partial charge in [0.15, 0.2) is 0 Å². The van der Waals surface area contributed by atoms with Crippen molar-refractivity contribution in [1.82, 2.24) is 4.90 Å². The van der Waals surface area contributed by atoms with E-state index in [1.165, 1.54) is 24.0 Å². The molecule has 1 aromatic carbocycles. The van der Waals surface area contributed by atoms with Crippen molar-refractivity contribution in [1.29, 1.82) is 0 Å². The lowest BCUT2D eigenvalue weighted by molar-refractivity contribution is 0.0922. The average Bonchev–Trinajstić information content (AvgIpc) is 3.29. The van der Waals surface area contributed by atoms with Crippen LogP contribution < -0.4 is 5.73 Å². The fraction of sp³-hybridized carbons (Fsp3) is 0.667. The number of hydrogen-bond acceptors (Lipinski definition) is 3. The molecule has 118 valence electrons. The minimum Gasteiger partial charge on any atom is -0.380 e. The van der Waals surface area contributed by atoms with Crippen LogP contribution in [0, 0.1) is 5.92 Å². The molecule has 1 aliphatic carbocycles. The highest BCUT2D eigenvalue weighted by molar-refractivity contribution is 5.27. The fourth-order valence-corrected chi connectivity index (χ4v) is 2.57. The topological polar surface area (TPSA) is 38.5 Å². The molecule has 1 saturated carbocycles. The Bertz CT molecular complexity index is 412. The van der Waals surface area contributed by atoms with Gasteiger partial charge in [0, 0.05) is 25.7 Å². The van der Waals surface area contributed by atoms with E-state index in [2.05, 4.69) is 50.1 Å². The van der Waals surface area contributed by atoms with Crippen LogP contribution in [0.15, 0.2) is 24.3 Å². The van der Waals surface area contributed by atoms with Crippen LogP contribution in [0.25, 0.3) is 0 Å². The van der Waals surface area contributed by atoms with Crippen molar-refractivity contribution in [2.45, 2.75) is 38.6 Å². The van der Waals surface area contributed by atoms with E-state index in [-0.39, 0.29) is 6.04 Å². The Morgan fingerprint density at radius 1 is 1.19 bits per heavy atom. The van der Waals surface area contributed by atoms with Gasteiger partial charge >= 0.3 is 0 Å². The SMILES string of the molecule is CC(C)c1ccc(C(CN)N(C)CCOCC2CC2)cc1. The van der Waals surface area contributed by atoms with Crippen molar-refractivity contribution in [3.63, 3.8) is 0 Å². The van der Waals surface area contributed by atoms with E-state index in [1.807, 2.05) is 0 Å². The highest BCUT2D eigenvalue weighted by Crippen LogP contribution is 2.28. The predicted octanol–water partition coefficient (Wildman–Crippen LogP) is 3.17. The molecule has 0 bridgehead atoms. The summed E-state index contributed by atoms with van der Waals surface area (Å²) in [4.78, 5) is 2.30. The smallest absolute Gasteiger partial charge is 0.0593 e. The number of likely N-dealkylation sites (N-methyl/N-ethyl adjacent to an activating group) is 1. The van der Waals surface area contributed by atoms with E-state index in [1.54, 1.807) is 0 Å². The molecule has 0 saturated heterocycles. The molecule has 1 aliphatic rings. The minimum atomic E-state index is 0.274. The number of nitrogens with two attached hydrogens (primary N) is 1. The Kier molecular flexibility index (Phi) is 6.22. The van der Waals surface area contributed by atoms with Crippen LogP contribution in [0.1, 0.15) is 49.8 Å². The van der Waals surface area contributed by atoms with Crippen molar-refractivity contribution < 1.29 is 4.74 Å². The van der Waals surface area contributed by atoms with Crippen LogP contribution in [0.3, 0.4) is 0 Å². The fourth-order valence-electron chi connectivity index (χ4n) is 2.57. The van der Waals surface area contributed by atoms with Crippen molar-refractivity contribution >= 4 is 0 Å². The Hall–Kier alpha value is -0.900. The first-order valence-electron chi connectivity index (χ1n) is 8.19. The number of hydrogen-bond donors (Lipinski definition) is 1. The molecule has 21 heavy (non-hydrogen) atoms. The molecule has 3 nitrogen and oxygen atoms in total. The van der Waals surface area contributed by atoms with Crippen LogP contribution >= 0.6 is 0 Å². The van der Waals surface area contributed by atoms with E-state index < -0.39 is 0 Å². The van der Waals surface area contributed by atoms with E-state index >= 15 is 0 Å². The van der Waals surface area contributed by atoms with E-state index in [9.17, 15) is 0 Å². The maximum atomic E-state index is 5.98. The summed E-state index contributed by atoms with van der Waals surface area (Å²) in [7, 11) is 2.13. The number of rotatable bonds is 9. The lowest BCUT2D eigenvalue weighted by Gasteiger charge is -2.27. The standard InChI is InChI=1S/C18H30N2O/c1-14(2)16-6-8-17(9-7-16)18(12-19)20(3)10-11-21-13-15-4-5-15/h6-9,14-15,18H,4-5,10-13,19H2,1-3H3. The van der Waals surface area contributed by atoms with Crippen LogP contribution in [0.5, 0.6) is 0 Å². The molecule has 3 heteroatoms. The van der Waals surface area contributed by atoms with Crippen molar-refractivity contribution in [2.75, 3.05) is 33.4 Å². The molecule has 0 aliphatic heterocycles. The van der Waals surface area contributed by atoms with Gasteiger partial charge in [-0.3, -0.25) is 4.90 Å². The first-order chi connectivity index (χ1) is 10.1. The van der Waals surface area contributed by atoms with Gasteiger partial charge in [-0.1, -0.05) is 38.1 Å². The summed E-state index contributed by atoms with van der Waals surface area (Å²) in [6, 6.07) is 9.15.